The number of nitriles is 1. The molecule has 2 atom stereocenters. The molecule has 0 radical (unpaired) electrons. The standard InChI is InChI=1S/C22H12ClFN4O2S/c23-15-6-16(24)12(8-25)5-14(15)19-7-17-20(31-19)21(29)28(22(30)27-17)18-10-26-9-11-3-1-2-4-13(11)18/h1-7,9-10,17,20H,(H,27,30). The Morgan fingerprint density at radius 1 is 1.23 bits per heavy atom. The van der Waals surface area contributed by atoms with Crippen LogP contribution in [0.2, 0.25) is 5.02 Å². The fourth-order valence-electron chi connectivity index (χ4n) is 3.74. The highest BCUT2D eigenvalue weighted by Gasteiger charge is 2.45. The minimum absolute atomic E-state index is 0.128. The molecule has 1 saturated heterocycles. The fourth-order valence-corrected chi connectivity index (χ4v) is 5.34. The first-order valence-electron chi connectivity index (χ1n) is 9.23. The number of hydrogen-bond donors (Lipinski definition) is 1. The molecule has 2 unspecified atom stereocenters. The van der Waals surface area contributed by atoms with E-state index in [4.69, 9.17) is 16.9 Å². The summed E-state index contributed by atoms with van der Waals surface area (Å²) in [6.07, 6.45) is 4.87. The topological polar surface area (TPSA) is 86.1 Å². The molecule has 2 aliphatic rings. The van der Waals surface area contributed by atoms with E-state index in [1.54, 1.807) is 18.3 Å². The average molecular weight is 451 g/mol. The minimum Gasteiger partial charge on any atom is -0.329 e. The Labute approximate surface area is 185 Å². The number of urea groups is 1. The molecule has 0 spiro atoms. The van der Waals surface area contributed by atoms with Crippen LogP contribution in [0.15, 0.2) is 54.9 Å². The van der Waals surface area contributed by atoms with Gasteiger partial charge in [0.25, 0.3) is 5.91 Å². The van der Waals surface area contributed by atoms with Crippen LogP contribution in [0, 0.1) is 17.1 Å². The molecule has 5 rings (SSSR count). The highest BCUT2D eigenvalue weighted by molar-refractivity contribution is 8.09. The summed E-state index contributed by atoms with van der Waals surface area (Å²) in [5, 5.41) is 13.0. The van der Waals surface area contributed by atoms with Gasteiger partial charge in [-0.2, -0.15) is 5.26 Å². The van der Waals surface area contributed by atoms with E-state index in [2.05, 4.69) is 10.3 Å². The number of anilines is 1. The Bertz CT molecular complexity index is 1350. The number of thioether (sulfide) groups is 1. The van der Waals surface area contributed by atoms with E-state index in [0.29, 0.717) is 16.2 Å². The van der Waals surface area contributed by atoms with Crippen molar-refractivity contribution in [3.63, 3.8) is 0 Å². The first-order chi connectivity index (χ1) is 15.0. The summed E-state index contributed by atoms with van der Waals surface area (Å²) < 4.78 is 13.8. The number of benzene rings is 2. The summed E-state index contributed by atoms with van der Waals surface area (Å²) in [5.74, 6) is -1.10. The van der Waals surface area contributed by atoms with Gasteiger partial charge in [-0.25, -0.2) is 14.1 Å². The van der Waals surface area contributed by atoms with Gasteiger partial charge in [0.2, 0.25) is 0 Å². The number of carbonyl (C=O) groups is 2. The maximum Gasteiger partial charge on any atom is 0.329 e. The van der Waals surface area contributed by atoms with Crippen LogP contribution in [0.1, 0.15) is 11.1 Å². The summed E-state index contributed by atoms with van der Waals surface area (Å²) in [4.78, 5) is 32.1. The molecule has 9 heteroatoms. The number of nitrogens with one attached hydrogen (secondary N) is 1. The van der Waals surface area contributed by atoms with Crippen LogP contribution in [0.4, 0.5) is 14.9 Å². The largest absolute Gasteiger partial charge is 0.329 e. The summed E-state index contributed by atoms with van der Waals surface area (Å²) in [6.45, 7) is 0. The lowest BCUT2D eigenvalue weighted by molar-refractivity contribution is -0.118. The third-order valence-corrected chi connectivity index (χ3v) is 6.87. The molecule has 31 heavy (non-hydrogen) atoms. The molecule has 1 N–H and O–H groups in total. The van der Waals surface area contributed by atoms with Crippen molar-refractivity contribution in [2.75, 3.05) is 4.90 Å². The van der Waals surface area contributed by atoms with Crippen LogP contribution in [0.25, 0.3) is 15.7 Å². The van der Waals surface area contributed by atoms with Crippen molar-refractivity contribution in [2.45, 2.75) is 11.3 Å². The summed E-state index contributed by atoms with van der Waals surface area (Å²) in [6, 6.07) is 10.5. The number of hydrogen-bond acceptors (Lipinski definition) is 5. The predicted molar refractivity (Wildman–Crippen MR) is 117 cm³/mol. The maximum atomic E-state index is 13.8. The van der Waals surface area contributed by atoms with Gasteiger partial charge in [0.1, 0.15) is 17.1 Å². The van der Waals surface area contributed by atoms with E-state index >= 15 is 0 Å². The molecule has 0 bridgehead atoms. The molecular weight excluding hydrogens is 439 g/mol. The van der Waals surface area contributed by atoms with Gasteiger partial charge in [0, 0.05) is 27.4 Å². The number of pyridine rings is 1. The number of aromatic nitrogens is 1. The lowest BCUT2D eigenvalue weighted by Crippen LogP contribution is -2.60. The molecule has 1 fully saturated rings. The van der Waals surface area contributed by atoms with E-state index in [1.165, 1.54) is 24.0 Å². The van der Waals surface area contributed by atoms with Gasteiger partial charge in [-0.1, -0.05) is 35.9 Å². The molecule has 0 aliphatic carbocycles. The van der Waals surface area contributed by atoms with Crippen molar-refractivity contribution < 1.29 is 14.0 Å². The fraction of sp³-hybridized carbons (Fsp3) is 0.0909. The second kappa shape index (κ2) is 7.38. The average Bonchev–Trinajstić information content (AvgIpc) is 3.18. The lowest BCUT2D eigenvalue weighted by Gasteiger charge is -2.33. The molecule has 6 nitrogen and oxygen atoms in total. The Morgan fingerprint density at radius 2 is 2.03 bits per heavy atom. The molecule has 3 aromatic rings. The van der Waals surface area contributed by atoms with Crippen LogP contribution in [-0.2, 0) is 4.79 Å². The van der Waals surface area contributed by atoms with Gasteiger partial charge < -0.3 is 5.32 Å². The molecule has 2 aromatic carbocycles. The second-order valence-corrected chi connectivity index (χ2v) is 8.61. The summed E-state index contributed by atoms with van der Waals surface area (Å²) >= 11 is 7.42. The zero-order valence-corrected chi connectivity index (χ0v) is 17.2. The van der Waals surface area contributed by atoms with Crippen molar-refractivity contribution in [3.05, 3.63) is 76.8 Å². The van der Waals surface area contributed by atoms with Crippen LogP contribution >= 0.6 is 23.4 Å². The number of amides is 3. The van der Waals surface area contributed by atoms with E-state index in [9.17, 15) is 14.0 Å². The highest BCUT2D eigenvalue weighted by Crippen LogP contribution is 2.45. The third-order valence-electron chi connectivity index (χ3n) is 5.20. The van der Waals surface area contributed by atoms with Crippen LogP contribution in [0.5, 0.6) is 0 Å². The molecule has 152 valence electrons. The number of halogens is 2. The first-order valence-corrected chi connectivity index (χ1v) is 10.5. The smallest absolute Gasteiger partial charge is 0.329 e. The Hall–Kier alpha value is -3.41. The third kappa shape index (κ3) is 3.14. The van der Waals surface area contributed by atoms with E-state index in [1.807, 2.05) is 24.3 Å². The molecule has 3 heterocycles. The second-order valence-electron chi connectivity index (χ2n) is 7.02. The normalized spacial score (nSPS) is 20.3. The quantitative estimate of drug-likeness (QED) is 0.622. The van der Waals surface area contributed by atoms with Crippen molar-refractivity contribution in [3.8, 4) is 6.07 Å². The minimum atomic E-state index is -0.712. The summed E-state index contributed by atoms with van der Waals surface area (Å²) in [7, 11) is 0. The van der Waals surface area contributed by atoms with Crippen LogP contribution in [0.3, 0.4) is 0 Å². The molecule has 3 amide bonds. The monoisotopic (exact) mass is 450 g/mol. The summed E-state index contributed by atoms with van der Waals surface area (Å²) in [5.41, 5.74) is 0.703. The Morgan fingerprint density at radius 3 is 2.84 bits per heavy atom. The molecule has 2 aliphatic heterocycles. The number of imide groups is 1. The zero-order valence-electron chi connectivity index (χ0n) is 15.7. The number of nitrogens with zero attached hydrogens (tertiary/aromatic N) is 3. The van der Waals surface area contributed by atoms with E-state index < -0.39 is 23.1 Å². The van der Waals surface area contributed by atoms with E-state index in [0.717, 1.165) is 21.7 Å². The zero-order chi connectivity index (χ0) is 21.7. The van der Waals surface area contributed by atoms with Crippen molar-refractivity contribution in [1.29, 1.82) is 5.26 Å². The van der Waals surface area contributed by atoms with Gasteiger partial charge in [-0.05, 0) is 18.2 Å². The van der Waals surface area contributed by atoms with Gasteiger partial charge >= 0.3 is 6.03 Å². The number of rotatable bonds is 2. The first kappa shape index (κ1) is 19.5. The molecular formula is C22H12ClFN4O2S. The van der Waals surface area contributed by atoms with Gasteiger partial charge in [0.15, 0.2) is 0 Å². The molecule has 0 saturated carbocycles. The van der Waals surface area contributed by atoms with Crippen molar-refractivity contribution in [1.82, 2.24) is 10.3 Å². The SMILES string of the molecule is N#Cc1cc(C2=CC3NC(=O)N(c4cncc5ccccc45)C(=O)C3S2)c(Cl)cc1F. The van der Waals surface area contributed by atoms with Gasteiger partial charge in [-0.15, -0.1) is 11.8 Å². The van der Waals surface area contributed by atoms with Crippen molar-refractivity contribution in [2.24, 2.45) is 0 Å². The van der Waals surface area contributed by atoms with Crippen LogP contribution in [-0.4, -0.2) is 28.2 Å². The van der Waals surface area contributed by atoms with Gasteiger partial charge in [0.05, 0.1) is 28.5 Å². The lowest BCUT2D eigenvalue weighted by atomic mass is 10.1. The Kier molecular flexibility index (Phi) is 4.65. The Balaban J connectivity index is 1.51. The van der Waals surface area contributed by atoms with Crippen molar-refractivity contribution >= 4 is 56.7 Å². The number of fused-ring (bicyclic) bond motifs is 2. The number of carbonyl (C=O) groups excluding carboxylic acids is 2. The van der Waals surface area contributed by atoms with Crippen LogP contribution < -0.4 is 10.2 Å². The van der Waals surface area contributed by atoms with E-state index in [-0.39, 0.29) is 16.5 Å². The van der Waals surface area contributed by atoms with Gasteiger partial charge in [-0.3, -0.25) is 9.78 Å². The highest BCUT2D eigenvalue weighted by atomic mass is 35.5. The predicted octanol–water partition coefficient (Wildman–Crippen LogP) is 4.48. The maximum absolute atomic E-state index is 13.8. The molecule has 1 aromatic heterocycles.